The quantitative estimate of drug-likeness (QED) is 0.437. The first-order valence-corrected chi connectivity index (χ1v) is 7.20. The summed E-state index contributed by atoms with van der Waals surface area (Å²) in [5, 5.41) is 18.1. The molecule has 0 aliphatic carbocycles. The van der Waals surface area contributed by atoms with E-state index in [4.69, 9.17) is 9.29 Å². The van der Waals surface area contributed by atoms with Crippen LogP contribution in [0.15, 0.2) is 0 Å². The van der Waals surface area contributed by atoms with Crippen LogP contribution in [0.3, 0.4) is 0 Å². The molecule has 0 aliphatic rings. The monoisotopic (exact) mass is 250 g/mol. The van der Waals surface area contributed by atoms with Gasteiger partial charge in [-0.2, -0.15) is 0 Å². The van der Waals surface area contributed by atoms with Gasteiger partial charge in [0, 0.05) is 5.75 Å². The third-order valence-electron chi connectivity index (χ3n) is 2.50. The molecule has 3 nitrogen and oxygen atoms in total. The van der Waals surface area contributed by atoms with Crippen molar-refractivity contribution >= 4 is 12.0 Å². The largest absolute Gasteiger partial charge is 0.395 e. The minimum Gasteiger partial charge on any atom is -0.395 e. The Labute approximate surface area is 104 Å². The fourth-order valence-corrected chi connectivity index (χ4v) is 2.09. The van der Waals surface area contributed by atoms with Crippen molar-refractivity contribution in [1.29, 1.82) is 0 Å². The van der Waals surface area contributed by atoms with E-state index >= 15 is 0 Å². The van der Waals surface area contributed by atoms with Gasteiger partial charge in [0.05, 0.1) is 18.8 Å². The van der Waals surface area contributed by atoms with Crippen molar-refractivity contribution in [3.63, 3.8) is 0 Å². The first-order chi connectivity index (χ1) is 7.72. The minimum absolute atomic E-state index is 0.0989. The van der Waals surface area contributed by atoms with Gasteiger partial charge in [-0.1, -0.05) is 39.0 Å². The van der Waals surface area contributed by atoms with Crippen molar-refractivity contribution in [3.8, 4) is 0 Å². The van der Waals surface area contributed by atoms with E-state index in [1.54, 1.807) is 6.92 Å². The lowest BCUT2D eigenvalue weighted by atomic mass is 10.1. The van der Waals surface area contributed by atoms with Crippen molar-refractivity contribution in [2.45, 2.75) is 64.6 Å². The molecule has 0 amide bonds. The highest BCUT2D eigenvalue weighted by Gasteiger charge is 2.15. The maximum Gasteiger partial charge on any atom is 0.0978 e. The highest BCUT2D eigenvalue weighted by atomic mass is 32.2. The zero-order valence-corrected chi connectivity index (χ0v) is 11.3. The van der Waals surface area contributed by atoms with E-state index < -0.39 is 6.10 Å². The van der Waals surface area contributed by atoms with E-state index in [9.17, 15) is 5.11 Å². The van der Waals surface area contributed by atoms with E-state index in [0.29, 0.717) is 5.75 Å². The van der Waals surface area contributed by atoms with Crippen LogP contribution in [0.2, 0.25) is 0 Å². The van der Waals surface area contributed by atoms with E-state index in [1.165, 1.54) is 37.7 Å². The Morgan fingerprint density at radius 1 is 1.19 bits per heavy atom. The molecule has 0 saturated heterocycles. The van der Waals surface area contributed by atoms with Crippen LogP contribution in [0, 0.1) is 0 Å². The Kier molecular flexibility index (Phi) is 11.9. The number of aliphatic hydroxyl groups is 2. The van der Waals surface area contributed by atoms with Crippen LogP contribution in [-0.2, 0) is 4.18 Å². The first-order valence-electron chi connectivity index (χ1n) is 6.29. The molecular weight excluding hydrogens is 224 g/mol. The summed E-state index contributed by atoms with van der Waals surface area (Å²) in [5.74, 6) is 0.569. The average Bonchev–Trinajstić information content (AvgIpc) is 2.26. The molecule has 4 heteroatoms. The second kappa shape index (κ2) is 11.7. The third-order valence-corrected chi connectivity index (χ3v) is 3.23. The molecule has 0 aromatic heterocycles. The fourth-order valence-electron chi connectivity index (χ4n) is 1.49. The fraction of sp³-hybridized carbons (Fsp3) is 1.00. The second-order valence-corrected chi connectivity index (χ2v) is 4.96. The first kappa shape index (κ1) is 16.2. The lowest BCUT2D eigenvalue weighted by molar-refractivity contribution is 0.0552. The lowest BCUT2D eigenvalue weighted by Gasteiger charge is -2.19. The van der Waals surface area contributed by atoms with E-state index in [1.807, 2.05) is 0 Å². The molecule has 98 valence electrons. The summed E-state index contributed by atoms with van der Waals surface area (Å²) in [6, 6.07) is 0. The summed E-state index contributed by atoms with van der Waals surface area (Å²) in [7, 11) is 0. The Morgan fingerprint density at radius 3 is 2.44 bits per heavy atom. The van der Waals surface area contributed by atoms with Crippen LogP contribution in [-0.4, -0.2) is 34.8 Å². The van der Waals surface area contributed by atoms with Gasteiger partial charge < -0.3 is 14.4 Å². The Bertz CT molecular complexity index is 142. The SMILES string of the molecule is CCCCCCCC(OSCCO)C(C)O. The van der Waals surface area contributed by atoms with E-state index in [2.05, 4.69) is 6.92 Å². The summed E-state index contributed by atoms with van der Waals surface area (Å²) < 4.78 is 5.46. The molecule has 0 bridgehead atoms. The summed E-state index contributed by atoms with van der Waals surface area (Å²) in [5.41, 5.74) is 0. The molecule has 2 N–H and O–H groups in total. The third kappa shape index (κ3) is 9.46. The van der Waals surface area contributed by atoms with Gasteiger partial charge in [-0.05, 0) is 25.4 Å². The summed E-state index contributed by atoms with van der Waals surface area (Å²) >= 11 is 1.25. The van der Waals surface area contributed by atoms with Gasteiger partial charge in [0.15, 0.2) is 0 Å². The highest BCUT2D eigenvalue weighted by molar-refractivity contribution is 7.94. The van der Waals surface area contributed by atoms with Crippen molar-refractivity contribution in [2.24, 2.45) is 0 Å². The van der Waals surface area contributed by atoms with Crippen molar-refractivity contribution < 1.29 is 14.4 Å². The molecule has 0 heterocycles. The number of unbranched alkanes of at least 4 members (excludes halogenated alkanes) is 4. The van der Waals surface area contributed by atoms with Crippen LogP contribution in [0.1, 0.15) is 52.4 Å². The van der Waals surface area contributed by atoms with Crippen molar-refractivity contribution in [2.75, 3.05) is 12.4 Å². The molecular formula is C12H26O3S. The zero-order chi connectivity index (χ0) is 12.2. The topological polar surface area (TPSA) is 49.7 Å². The van der Waals surface area contributed by atoms with Gasteiger partial charge >= 0.3 is 0 Å². The molecule has 16 heavy (non-hydrogen) atoms. The summed E-state index contributed by atoms with van der Waals surface area (Å²) in [6.07, 6.45) is 6.50. The molecule has 0 spiro atoms. The van der Waals surface area contributed by atoms with Crippen LogP contribution in [0.25, 0.3) is 0 Å². The van der Waals surface area contributed by atoms with Gasteiger partial charge in [0.2, 0.25) is 0 Å². The number of hydrogen-bond acceptors (Lipinski definition) is 4. The molecule has 2 atom stereocenters. The Balaban J connectivity index is 3.52. The zero-order valence-electron chi connectivity index (χ0n) is 10.5. The minimum atomic E-state index is -0.433. The van der Waals surface area contributed by atoms with Crippen LogP contribution < -0.4 is 0 Å². The Morgan fingerprint density at radius 2 is 1.88 bits per heavy atom. The Hall–Kier alpha value is 0.230. The van der Waals surface area contributed by atoms with Gasteiger partial charge in [-0.3, -0.25) is 0 Å². The maximum absolute atomic E-state index is 9.51. The van der Waals surface area contributed by atoms with Crippen LogP contribution in [0.4, 0.5) is 0 Å². The summed E-state index contributed by atoms with van der Waals surface area (Å²) in [6.45, 7) is 4.08. The predicted octanol–water partition coefficient (Wildman–Crippen LogP) is 2.75. The van der Waals surface area contributed by atoms with Gasteiger partial charge in [0.25, 0.3) is 0 Å². The molecule has 0 saturated carbocycles. The average molecular weight is 250 g/mol. The number of hydrogen-bond donors (Lipinski definition) is 2. The van der Waals surface area contributed by atoms with Crippen LogP contribution in [0.5, 0.6) is 0 Å². The number of aliphatic hydroxyl groups excluding tert-OH is 2. The highest BCUT2D eigenvalue weighted by Crippen LogP contribution is 2.17. The number of rotatable bonds is 11. The van der Waals surface area contributed by atoms with E-state index in [0.717, 1.165) is 12.8 Å². The molecule has 2 unspecified atom stereocenters. The molecule has 0 fully saturated rings. The second-order valence-electron chi connectivity index (χ2n) is 4.12. The summed E-state index contributed by atoms with van der Waals surface area (Å²) in [4.78, 5) is 0. The lowest BCUT2D eigenvalue weighted by Crippen LogP contribution is -2.24. The van der Waals surface area contributed by atoms with Gasteiger partial charge in [-0.25, -0.2) is 0 Å². The van der Waals surface area contributed by atoms with E-state index in [-0.39, 0.29) is 12.7 Å². The normalized spacial score (nSPS) is 15.0. The molecule has 0 aliphatic heterocycles. The molecule has 0 aromatic rings. The van der Waals surface area contributed by atoms with Crippen molar-refractivity contribution in [1.82, 2.24) is 0 Å². The molecule has 0 radical (unpaired) electrons. The predicted molar refractivity (Wildman–Crippen MR) is 69.5 cm³/mol. The van der Waals surface area contributed by atoms with Crippen LogP contribution >= 0.6 is 12.0 Å². The smallest absolute Gasteiger partial charge is 0.0978 e. The maximum atomic E-state index is 9.51. The molecule has 0 aromatic carbocycles. The van der Waals surface area contributed by atoms with Gasteiger partial charge in [0.1, 0.15) is 0 Å². The van der Waals surface area contributed by atoms with Gasteiger partial charge in [-0.15, -0.1) is 0 Å². The standard InChI is InChI=1S/C12H26O3S/c1-3-4-5-6-7-8-12(11(2)14)15-16-10-9-13/h11-14H,3-10H2,1-2H3. The van der Waals surface area contributed by atoms with Crippen molar-refractivity contribution in [3.05, 3.63) is 0 Å². The molecule has 0 rings (SSSR count).